The fraction of sp³-hybridized carbons (Fsp3) is 0.211. The summed E-state index contributed by atoms with van der Waals surface area (Å²) < 4.78 is 10.5. The molecule has 0 saturated heterocycles. The highest BCUT2D eigenvalue weighted by atomic mass is 16.5. The van der Waals surface area contributed by atoms with E-state index in [2.05, 4.69) is 20.8 Å². The third kappa shape index (κ3) is 4.18. The summed E-state index contributed by atoms with van der Waals surface area (Å²) in [6.07, 6.45) is 0.890. The van der Waals surface area contributed by atoms with Gasteiger partial charge in [-0.25, -0.2) is 4.79 Å². The van der Waals surface area contributed by atoms with Crippen molar-refractivity contribution in [2.24, 2.45) is 0 Å². The number of anilines is 1. The largest absolute Gasteiger partial charge is 0.497 e. The van der Waals surface area contributed by atoms with E-state index >= 15 is 0 Å². The number of nitrogens with zero attached hydrogens (tertiary/aromatic N) is 2. The van der Waals surface area contributed by atoms with E-state index in [1.54, 1.807) is 19.2 Å². The van der Waals surface area contributed by atoms with Crippen molar-refractivity contribution in [3.05, 3.63) is 48.5 Å². The third-order valence-corrected chi connectivity index (χ3v) is 3.70. The summed E-state index contributed by atoms with van der Waals surface area (Å²) in [6.45, 7) is 2.64. The first-order valence-corrected chi connectivity index (χ1v) is 8.33. The average Bonchev–Trinajstić information content (AvgIpc) is 3.17. The summed E-state index contributed by atoms with van der Waals surface area (Å²) >= 11 is 0. The van der Waals surface area contributed by atoms with E-state index in [1.165, 1.54) is 0 Å². The van der Waals surface area contributed by atoms with Gasteiger partial charge in [-0.3, -0.25) is 0 Å². The number of amides is 2. The molecule has 7 nitrogen and oxygen atoms in total. The van der Waals surface area contributed by atoms with Crippen LogP contribution >= 0.6 is 0 Å². The van der Waals surface area contributed by atoms with Crippen LogP contribution < -0.4 is 15.4 Å². The molecule has 0 radical (unpaired) electrons. The van der Waals surface area contributed by atoms with Gasteiger partial charge in [0.1, 0.15) is 5.75 Å². The standard InChI is InChI=1S/C19H20N4O3/c1-3-12-20-19(24)21-15-8-4-13(5-9-15)17-22-18(26-23-17)14-6-10-16(25-2)11-7-14/h4-11H,3,12H2,1-2H3,(H2,20,21,24). The topological polar surface area (TPSA) is 89.3 Å². The van der Waals surface area contributed by atoms with Crippen LogP contribution in [0.4, 0.5) is 10.5 Å². The fourth-order valence-corrected chi connectivity index (χ4v) is 2.31. The molecule has 0 aliphatic heterocycles. The molecule has 7 heteroatoms. The zero-order valence-corrected chi connectivity index (χ0v) is 14.7. The molecule has 1 aromatic heterocycles. The van der Waals surface area contributed by atoms with Crippen molar-refractivity contribution in [3.8, 4) is 28.6 Å². The lowest BCUT2D eigenvalue weighted by molar-refractivity contribution is 0.252. The molecule has 0 aliphatic carbocycles. The number of ether oxygens (including phenoxy) is 1. The van der Waals surface area contributed by atoms with Crippen LogP contribution in [0.25, 0.3) is 22.8 Å². The van der Waals surface area contributed by atoms with Gasteiger partial charge in [0.2, 0.25) is 5.82 Å². The molecule has 0 fully saturated rings. The zero-order valence-electron chi connectivity index (χ0n) is 14.7. The van der Waals surface area contributed by atoms with Gasteiger partial charge in [-0.05, 0) is 55.0 Å². The van der Waals surface area contributed by atoms with Gasteiger partial charge < -0.3 is 19.9 Å². The van der Waals surface area contributed by atoms with Crippen LogP contribution in [0.3, 0.4) is 0 Å². The molecule has 0 saturated carbocycles. The van der Waals surface area contributed by atoms with E-state index < -0.39 is 0 Å². The number of hydrogen-bond acceptors (Lipinski definition) is 5. The Bertz CT molecular complexity index is 857. The molecule has 26 heavy (non-hydrogen) atoms. The Hall–Kier alpha value is -3.35. The molecular weight excluding hydrogens is 332 g/mol. The van der Waals surface area contributed by atoms with Crippen molar-refractivity contribution in [2.45, 2.75) is 13.3 Å². The van der Waals surface area contributed by atoms with Gasteiger partial charge in [-0.2, -0.15) is 4.98 Å². The Kier molecular flexibility index (Phi) is 5.48. The van der Waals surface area contributed by atoms with E-state index in [4.69, 9.17) is 9.26 Å². The molecule has 3 aromatic rings. The second kappa shape index (κ2) is 8.15. The zero-order chi connectivity index (χ0) is 18.4. The maximum absolute atomic E-state index is 11.7. The van der Waals surface area contributed by atoms with E-state index in [0.717, 1.165) is 23.3 Å². The fourth-order valence-electron chi connectivity index (χ4n) is 2.31. The highest BCUT2D eigenvalue weighted by molar-refractivity contribution is 5.89. The number of carbonyl (C=O) groups excluding carboxylic acids is 1. The summed E-state index contributed by atoms with van der Waals surface area (Å²) in [5.41, 5.74) is 2.31. The Morgan fingerprint density at radius 2 is 1.77 bits per heavy atom. The van der Waals surface area contributed by atoms with E-state index in [9.17, 15) is 4.79 Å². The molecule has 1 heterocycles. The predicted molar refractivity (Wildman–Crippen MR) is 99.0 cm³/mol. The molecule has 0 unspecified atom stereocenters. The predicted octanol–water partition coefficient (Wildman–Crippen LogP) is 3.94. The summed E-state index contributed by atoms with van der Waals surface area (Å²) in [5, 5.41) is 9.55. The van der Waals surface area contributed by atoms with E-state index in [0.29, 0.717) is 23.9 Å². The number of rotatable bonds is 6. The van der Waals surface area contributed by atoms with Crippen LogP contribution in [0.5, 0.6) is 5.75 Å². The minimum Gasteiger partial charge on any atom is -0.497 e. The summed E-state index contributed by atoms with van der Waals surface area (Å²) in [6, 6.07) is 14.4. The van der Waals surface area contributed by atoms with Gasteiger partial charge in [-0.1, -0.05) is 12.1 Å². The molecule has 2 aromatic carbocycles. The molecule has 0 aliphatic rings. The van der Waals surface area contributed by atoms with Gasteiger partial charge in [0.25, 0.3) is 5.89 Å². The number of benzene rings is 2. The van der Waals surface area contributed by atoms with Crippen LogP contribution in [0, 0.1) is 0 Å². The van der Waals surface area contributed by atoms with Gasteiger partial charge >= 0.3 is 6.03 Å². The van der Waals surface area contributed by atoms with Crippen LogP contribution in [0.2, 0.25) is 0 Å². The van der Waals surface area contributed by atoms with E-state index in [-0.39, 0.29) is 6.03 Å². The average molecular weight is 352 g/mol. The monoisotopic (exact) mass is 352 g/mol. The molecule has 2 amide bonds. The van der Waals surface area contributed by atoms with Gasteiger partial charge in [0.15, 0.2) is 0 Å². The molecule has 0 atom stereocenters. The summed E-state index contributed by atoms with van der Waals surface area (Å²) in [7, 11) is 1.62. The van der Waals surface area contributed by atoms with Crippen molar-refractivity contribution in [1.29, 1.82) is 0 Å². The molecule has 3 rings (SSSR count). The van der Waals surface area contributed by atoms with Crippen molar-refractivity contribution >= 4 is 11.7 Å². The first kappa shape index (κ1) is 17.5. The summed E-state index contributed by atoms with van der Waals surface area (Å²) in [5.74, 6) is 1.68. The van der Waals surface area contributed by atoms with Gasteiger partial charge in [0.05, 0.1) is 7.11 Å². The minimum atomic E-state index is -0.221. The van der Waals surface area contributed by atoms with Crippen LogP contribution in [0.1, 0.15) is 13.3 Å². The highest BCUT2D eigenvalue weighted by Crippen LogP contribution is 2.24. The molecule has 134 valence electrons. The summed E-state index contributed by atoms with van der Waals surface area (Å²) in [4.78, 5) is 16.1. The first-order chi connectivity index (χ1) is 12.7. The van der Waals surface area contributed by atoms with Crippen LogP contribution in [-0.4, -0.2) is 29.8 Å². The SMILES string of the molecule is CCCNC(=O)Nc1ccc(-c2noc(-c3ccc(OC)cc3)n2)cc1. The van der Waals surface area contributed by atoms with Crippen molar-refractivity contribution < 1.29 is 14.1 Å². The molecule has 0 bridgehead atoms. The Labute approximate surface area is 151 Å². The normalized spacial score (nSPS) is 10.4. The van der Waals surface area contributed by atoms with Crippen molar-refractivity contribution in [2.75, 3.05) is 19.0 Å². The van der Waals surface area contributed by atoms with Gasteiger partial charge in [-0.15, -0.1) is 0 Å². The second-order valence-electron chi connectivity index (χ2n) is 5.61. The quantitative estimate of drug-likeness (QED) is 0.701. The number of hydrogen-bond donors (Lipinski definition) is 2. The number of carbonyl (C=O) groups is 1. The smallest absolute Gasteiger partial charge is 0.319 e. The third-order valence-electron chi connectivity index (χ3n) is 3.70. The van der Waals surface area contributed by atoms with Crippen LogP contribution in [0.15, 0.2) is 53.1 Å². The number of urea groups is 1. The Morgan fingerprint density at radius 1 is 1.08 bits per heavy atom. The highest BCUT2D eigenvalue weighted by Gasteiger charge is 2.11. The molecular formula is C19H20N4O3. The molecule has 0 spiro atoms. The maximum Gasteiger partial charge on any atom is 0.319 e. The number of aromatic nitrogens is 2. The number of methoxy groups -OCH3 is 1. The maximum atomic E-state index is 11.7. The molecule has 2 N–H and O–H groups in total. The first-order valence-electron chi connectivity index (χ1n) is 8.33. The second-order valence-corrected chi connectivity index (χ2v) is 5.61. The lowest BCUT2D eigenvalue weighted by atomic mass is 10.2. The lowest BCUT2D eigenvalue weighted by Gasteiger charge is -2.06. The Balaban J connectivity index is 1.69. The minimum absolute atomic E-state index is 0.221. The lowest BCUT2D eigenvalue weighted by Crippen LogP contribution is -2.29. The number of nitrogens with one attached hydrogen (secondary N) is 2. The van der Waals surface area contributed by atoms with Crippen LogP contribution in [-0.2, 0) is 0 Å². The Morgan fingerprint density at radius 3 is 2.42 bits per heavy atom. The van der Waals surface area contributed by atoms with Gasteiger partial charge in [0, 0.05) is 23.4 Å². The van der Waals surface area contributed by atoms with Crippen molar-refractivity contribution in [3.63, 3.8) is 0 Å². The van der Waals surface area contributed by atoms with E-state index in [1.807, 2.05) is 43.3 Å². The van der Waals surface area contributed by atoms with Crippen molar-refractivity contribution in [1.82, 2.24) is 15.5 Å².